The van der Waals surface area contributed by atoms with Gasteiger partial charge in [0.15, 0.2) is 0 Å². The van der Waals surface area contributed by atoms with Gasteiger partial charge >= 0.3 is 0 Å². The van der Waals surface area contributed by atoms with Crippen molar-refractivity contribution in [1.82, 2.24) is 4.31 Å². The van der Waals surface area contributed by atoms with Crippen LogP contribution in [-0.2, 0) is 10.0 Å². The van der Waals surface area contributed by atoms with Crippen LogP contribution in [0.4, 0.5) is 5.69 Å². The number of para-hydroxylation sites is 1. The summed E-state index contributed by atoms with van der Waals surface area (Å²) in [6.07, 6.45) is 0. The highest BCUT2D eigenvalue weighted by atomic mass is 32.2. The maximum absolute atomic E-state index is 12.9. The van der Waals surface area contributed by atoms with E-state index in [-0.39, 0.29) is 0 Å². The monoisotopic (exact) mass is 372 g/mol. The maximum Gasteiger partial charge on any atom is 0.243 e. The highest BCUT2D eigenvalue weighted by Gasteiger charge is 2.29. The van der Waals surface area contributed by atoms with Crippen molar-refractivity contribution in [3.05, 3.63) is 59.2 Å². The van der Waals surface area contributed by atoms with E-state index in [1.807, 2.05) is 19.1 Å². The van der Waals surface area contributed by atoms with Crippen molar-refractivity contribution in [2.24, 2.45) is 0 Å². The highest BCUT2D eigenvalue weighted by Crippen LogP contribution is 2.32. The van der Waals surface area contributed by atoms with Gasteiger partial charge in [-0.25, -0.2) is 8.42 Å². The first-order valence-corrected chi connectivity index (χ1v) is 10.7. The minimum Gasteiger partial charge on any atom is -0.368 e. The fourth-order valence-electron chi connectivity index (χ4n) is 3.59. The lowest BCUT2D eigenvalue weighted by atomic mass is 9.97. The second kappa shape index (κ2) is 7.41. The Morgan fingerprint density at radius 2 is 1.50 bits per heavy atom. The third kappa shape index (κ3) is 3.64. The fraction of sp³-hybridized carbons (Fsp3) is 0.429. The Kier molecular flexibility index (Phi) is 5.39. The zero-order chi connectivity index (χ0) is 18.9. The van der Waals surface area contributed by atoms with Gasteiger partial charge in [-0.1, -0.05) is 49.7 Å². The molecular formula is C21H28N2O2S. The molecule has 140 valence electrons. The Bertz CT molecular complexity index is 865. The Labute approximate surface area is 157 Å². The van der Waals surface area contributed by atoms with Crippen molar-refractivity contribution in [2.45, 2.75) is 38.5 Å². The average Bonchev–Trinajstić information content (AvgIpc) is 2.62. The van der Waals surface area contributed by atoms with E-state index in [4.69, 9.17) is 0 Å². The molecule has 2 aromatic carbocycles. The summed E-state index contributed by atoms with van der Waals surface area (Å²) in [6.45, 7) is 11.0. The predicted molar refractivity (Wildman–Crippen MR) is 107 cm³/mol. The summed E-state index contributed by atoms with van der Waals surface area (Å²) < 4.78 is 27.4. The van der Waals surface area contributed by atoms with Crippen LogP contribution >= 0.6 is 0 Å². The molecule has 5 heteroatoms. The molecule has 0 N–H and O–H groups in total. The fourth-order valence-corrected chi connectivity index (χ4v) is 5.01. The lowest BCUT2D eigenvalue weighted by Crippen LogP contribution is -2.49. The number of rotatable bonds is 4. The maximum atomic E-state index is 12.9. The van der Waals surface area contributed by atoms with Gasteiger partial charge in [-0.2, -0.15) is 4.31 Å². The van der Waals surface area contributed by atoms with E-state index in [1.54, 1.807) is 16.4 Å². The van der Waals surface area contributed by atoms with Crippen molar-refractivity contribution in [3.63, 3.8) is 0 Å². The molecule has 1 aliphatic rings. The van der Waals surface area contributed by atoms with Gasteiger partial charge in [0.25, 0.3) is 0 Å². The number of piperazine rings is 1. The van der Waals surface area contributed by atoms with Gasteiger partial charge in [0.1, 0.15) is 0 Å². The van der Waals surface area contributed by atoms with Crippen LogP contribution in [0, 0.1) is 13.8 Å². The van der Waals surface area contributed by atoms with Crippen molar-refractivity contribution in [2.75, 3.05) is 31.1 Å². The lowest BCUT2D eigenvalue weighted by molar-refractivity contribution is 0.384. The van der Waals surface area contributed by atoms with E-state index in [1.165, 1.54) is 16.8 Å². The summed E-state index contributed by atoms with van der Waals surface area (Å²) in [5, 5.41) is 0. The van der Waals surface area contributed by atoms with E-state index in [9.17, 15) is 8.42 Å². The van der Waals surface area contributed by atoms with Crippen molar-refractivity contribution >= 4 is 15.7 Å². The molecule has 4 nitrogen and oxygen atoms in total. The number of nitrogens with zero attached hydrogens (tertiary/aromatic N) is 2. The van der Waals surface area contributed by atoms with Crippen LogP contribution in [0.1, 0.15) is 36.5 Å². The van der Waals surface area contributed by atoms with Gasteiger partial charge in [-0.3, -0.25) is 0 Å². The summed E-state index contributed by atoms with van der Waals surface area (Å²) >= 11 is 0. The predicted octanol–water partition coefficient (Wildman–Crippen LogP) is 3.94. The molecule has 0 bridgehead atoms. The number of anilines is 1. The quantitative estimate of drug-likeness (QED) is 0.816. The van der Waals surface area contributed by atoms with Crippen LogP contribution in [0.3, 0.4) is 0 Å². The van der Waals surface area contributed by atoms with Crippen LogP contribution in [-0.4, -0.2) is 38.9 Å². The first kappa shape index (κ1) is 18.9. The summed E-state index contributed by atoms with van der Waals surface area (Å²) in [5.74, 6) is 0.444. The molecule has 0 spiro atoms. The topological polar surface area (TPSA) is 40.6 Å². The van der Waals surface area contributed by atoms with Gasteiger partial charge in [0, 0.05) is 31.9 Å². The van der Waals surface area contributed by atoms with E-state index in [0.29, 0.717) is 23.9 Å². The summed E-state index contributed by atoms with van der Waals surface area (Å²) in [4.78, 5) is 2.72. The zero-order valence-corrected chi connectivity index (χ0v) is 16.9. The number of sulfonamides is 1. The minimum atomic E-state index is -3.41. The molecule has 1 heterocycles. The largest absolute Gasteiger partial charge is 0.368 e. The molecule has 1 fully saturated rings. The van der Waals surface area contributed by atoms with Gasteiger partial charge in [-0.05, 0) is 43.0 Å². The Hall–Kier alpha value is -1.85. The summed E-state index contributed by atoms with van der Waals surface area (Å²) in [6, 6.07) is 13.5. The Balaban J connectivity index is 1.79. The van der Waals surface area contributed by atoms with Gasteiger partial charge in [-0.15, -0.1) is 0 Å². The number of aryl methyl sites for hydroxylation is 2. The third-order valence-electron chi connectivity index (χ3n) is 5.10. The van der Waals surface area contributed by atoms with E-state index in [2.05, 4.69) is 43.9 Å². The molecule has 26 heavy (non-hydrogen) atoms. The van der Waals surface area contributed by atoms with E-state index in [0.717, 1.165) is 18.7 Å². The third-order valence-corrected chi connectivity index (χ3v) is 7.02. The highest BCUT2D eigenvalue weighted by molar-refractivity contribution is 7.89. The summed E-state index contributed by atoms with van der Waals surface area (Å²) in [5.41, 5.74) is 4.93. The Morgan fingerprint density at radius 1 is 0.885 bits per heavy atom. The molecule has 1 saturated heterocycles. The average molecular weight is 373 g/mol. The van der Waals surface area contributed by atoms with Crippen LogP contribution in [0.2, 0.25) is 0 Å². The first-order chi connectivity index (χ1) is 12.3. The normalized spacial score (nSPS) is 16.3. The molecule has 0 aliphatic carbocycles. The molecule has 0 unspecified atom stereocenters. The smallest absolute Gasteiger partial charge is 0.243 e. The molecule has 0 radical (unpaired) electrons. The number of hydrogen-bond donors (Lipinski definition) is 0. The van der Waals surface area contributed by atoms with Crippen LogP contribution < -0.4 is 4.90 Å². The van der Waals surface area contributed by atoms with Crippen molar-refractivity contribution < 1.29 is 8.42 Å². The number of benzene rings is 2. The number of hydrogen-bond acceptors (Lipinski definition) is 3. The molecule has 2 aromatic rings. The SMILES string of the molecule is Cc1ccc(S(=O)(=O)N2CCN(c3c(C)cccc3C(C)C)CC2)cc1. The second-order valence-electron chi connectivity index (χ2n) is 7.37. The van der Waals surface area contributed by atoms with Gasteiger partial charge in [0.2, 0.25) is 10.0 Å². The summed E-state index contributed by atoms with van der Waals surface area (Å²) in [7, 11) is -3.41. The standard InChI is InChI=1S/C21H28N2O2S/c1-16(2)20-7-5-6-18(4)21(20)22-12-14-23(15-13-22)26(24,25)19-10-8-17(3)9-11-19/h5-11,16H,12-15H2,1-4H3. The van der Waals surface area contributed by atoms with Crippen LogP contribution in [0.25, 0.3) is 0 Å². The van der Waals surface area contributed by atoms with Gasteiger partial charge in [0.05, 0.1) is 4.90 Å². The second-order valence-corrected chi connectivity index (χ2v) is 9.31. The van der Waals surface area contributed by atoms with E-state index >= 15 is 0 Å². The van der Waals surface area contributed by atoms with Gasteiger partial charge < -0.3 is 4.90 Å². The first-order valence-electron chi connectivity index (χ1n) is 9.22. The molecule has 0 saturated carbocycles. The molecule has 0 amide bonds. The zero-order valence-electron chi connectivity index (χ0n) is 16.1. The molecule has 0 aromatic heterocycles. The van der Waals surface area contributed by atoms with Crippen molar-refractivity contribution in [3.8, 4) is 0 Å². The van der Waals surface area contributed by atoms with E-state index < -0.39 is 10.0 Å². The van der Waals surface area contributed by atoms with Crippen molar-refractivity contribution in [1.29, 1.82) is 0 Å². The Morgan fingerprint density at radius 3 is 2.08 bits per heavy atom. The molecule has 3 rings (SSSR count). The molecule has 0 atom stereocenters. The van der Waals surface area contributed by atoms with Crippen LogP contribution in [0.5, 0.6) is 0 Å². The minimum absolute atomic E-state index is 0.385. The van der Waals surface area contributed by atoms with Crippen LogP contribution in [0.15, 0.2) is 47.4 Å². The molecular weight excluding hydrogens is 344 g/mol. The molecule has 1 aliphatic heterocycles. The lowest BCUT2D eigenvalue weighted by Gasteiger charge is -2.37.